The first-order valence-corrected chi connectivity index (χ1v) is 8.39. The number of amides is 2. The van der Waals surface area contributed by atoms with Gasteiger partial charge in [-0.2, -0.15) is 5.10 Å². The quantitative estimate of drug-likeness (QED) is 0.620. The summed E-state index contributed by atoms with van der Waals surface area (Å²) in [5.74, 6) is -0.868. The van der Waals surface area contributed by atoms with Crippen LogP contribution in [-0.2, 0) is 22.7 Å². The average molecular weight is 365 g/mol. The number of pyridine rings is 1. The molecular formula is C19H19N5O3. The van der Waals surface area contributed by atoms with E-state index in [4.69, 9.17) is 4.74 Å². The van der Waals surface area contributed by atoms with E-state index in [1.54, 1.807) is 53.6 Å². The van der Waals surface area contributed by atoms with Gasteiger partial charge in [0.2, 0.25) is 0 Å². The Kier molecular flexibility index (Phi) is 6.13. The molecule has 3 rings (SSSR count). The summed E-state index contributed by atoms with van der Waals surface area (Å²) < 4.78 is 7.41. The van der Waals surface area contributed by atoms with E-state index in [1.165, 1.54) is 0 Å². The largest absolute Gasteiger partial charge is 0.492 e. The lowest BCUT2D eigenvalue weighted by Gasteiger charge is -2.09. The number of anilines is 1. The summed E-state index contributed by atoms with van der Waals surface area (Å²) in [6.07, 6.45) is 6.82. The van der Waals surface area contributed by atoms with Gasteiger partial charge >= 0.3 is 11.8 Å². The Hall–Kier alpha value is -3.68. The van der Waals surface area contributed by atoms with Crippen LogP contribution in [0.15, 0.2) is 67.3 Å². The van der Waals surface area contributed by atoms with Gasteiger partial charge in [-0.25, -0.2) is 0 Å². The Balaban J connectivity index is 1.47. The van der Waals surface area contributed by atoms with Crippen LogP contribution in [0, 0.1) is 0 Å². The molecular weight excluding hydrogens is 346 g/mol. The highest BCUT2D eigenvalue weighted by Gasteiger charge is 2.13. The van der Waals surface area contributed by atoms with Gasteiger partial charge in [0.25, 0.3) is 0 Å². The standard InChI is InChI=1S/C19H19N5O3/c25-18(21-14-15-4-2-7-20-13-15)19(26)23-16-5-1-6-17(12-16)27-11-10-24-9-3-8-22-24/h1-9,12-13H,10-11,14H2,(H,21,25)(H,23,26). The van der Waals surface area contributed by atoms with Gasteiger partial charge in [0, 0.05) is 43.1 Å². The van der Waals surface area contributed by atoms with Crippen LogP contribution in [0.25, 0.3) is 0 Å². The van der Waals surface area contributed by atoms with E-state index in [0.717, 1.165) is 5.56 Å². The summed E-state index contributed by atoms with van der Waals surface area (Å²) in [5.41, 5.74) is 1.29. The minimum Gasteiger partial charge on any atom is -0.492 e. The molecule has 0 bridgehead atoms. The Morgan fingerprint density at radius 1 is 1.07 bits per heavy atom. The molecule has 0 saturated carbocycles. The van der Waals surface area contributed by atoms with Crippen molar-refractivity contribution >= 4 is 17.5 Å². The van der Waals surface area contributed by atoms with Crippen molar-refractivity contribution in [2.24, 2.45) is 0 Å². The van der Waals surface area contributed by atoms with Gasteiger partial charge in [-0.3, -0.25) is 19.3 Å². The molecule has 138 valence electrons. The number of carbonyl (C=O) groups excluding carboxylic acids is 2. The van der Waals surface area contributed by atoms with Gasteiger partial charge in [-0.1, -0.05) is 12.1 Å². The van der Waals surface area contributed by atoms with Crippen LogP contribution >= 0.6 is 0 Å². The number of hydrogen-bond donors (Lipinski definition) is 2. The maximum absolute atomic E-state index is 12.0. The summed E-state index contributed by atoms with van der Waals surface area (Å²) in [7, 11) is 0. The summed E-state index contributed by atoms with van der Waals surface area (Å²) in [6.45, 7) is 1.28. The number of aromatic nitrogens is 3. The molecule has 0 aliphatic rings. The fraction of sp³-hybridized carbons (Fsp3) is 0.158. The average Bonchev–Trinajstić information content (AvgIpc) is 3.21. The molecule has 2 N–H and O–H groups in total. The number of nitrogens with zero attached hydrogens (tertiary/aromatic N) is 3. The molecule has 2 aromatic heterocycles. The third kappa shape index (κ3) is 5.67. The highest BCUT2D eigenvalue weighted by molar-refractivity contribution is 6.39. The lowest BCUT2D eigenvalue weighted by Crippen LogP contribution is -2.34. The molecule has 1 aromatic carbocycles. The van der Waals surface area contributed by atoms with Crippen molar-refractivity contribution in [2.75, 3.05) is 11.9 Å². The zero-order chi connectivity index (χ0) is 18.9. The number of nitrogens with one attached hydrogen (secondary N) is 2. The third-order valence-electron chi connectivity index (χ3n) is 3.62. The van der Waals surface area contributed by atoms with Crippen LogP contribution < -0.4 is 15.4 Å². The van der Waals surface area contributed by atoms with E-state index in [1.807, 2.05) is 18.3 Å². The molecule has 0 radical (unpaired) electrons. The van der Waals surface area contributed by atoms with Gasteiger partial charge in [0.15, 0.2) is 0 Å². The lowest BCUT2D eigenvalue weighted by molar-refractivity contribution is -0.136. The van der Waals surface area contributed by atoms with Crippen molar-refractivity contribution in [1.82, 2.24) is 20.1 Å². The first-order chi connectivity index (χ1) is 13.2. The zero-order valence-electron chi connectivity index (χ0n) is 14.5. The number of carbonyl (C=O) groups is 2. The topological polar surface area (TPSA) is 98.1 Å². The molecule has 27 heavy (non-hydrogen) atoms. The number of rotatable bonds is 7. The van der Waals surface area contributed by atoms with E-state index in [0.29, 0.717) is 24.6 Å². The van der Waals surface area contributed by atoms with E-state index in [-0.39, 0.29) is 6.54 Å². The van der Waals surface area contributed by atoms with Crippen LogP contribution in [0.2, 0.25) is 0 Å². The second kappa shape index (κ2) is 9.14. The zero-order valence-corrected chi connectivity index (χ0v) is 14.5. The Bertz CT molecular complexity index is 881. The second-order valence-electron chi connectivity index (χ2n) is 5.64. The number of benzene rings is 1. The predicted molar refractivity (Wildman–Crippen MR) is 98.9 cm³/mol. The van der Waals surface area contributed by atoms with Crippen LogP contribution in [0.3, 0.4) is 0 Å². The van der Waals surface area contributed by atoms with Gasteiger partial charge in [-0.15, -0.1) is 0 Å². The van der Waals surface area contributed by atoms with E-state index in [9.17, 15) is 9.59 Å². The number of hydrogen-bond acceptors (Lipinski definition) is 5. The molecule has 0 spiro atoms. The van der Waals surface area contributed by atoms with E-state index in [2.05, 4.69) is 20.7 Å². The molecule has 3 aromatic rings. The molecule has 2 amide bonds. The molecule has 0 aliphatic heterocycles. The smallest absolute Gasteiger partial charge is 0.313 e. The Labute approximate surface area is 156 Å². The van der Waals surface area contributed by atoms with Crippen molar-refractivity contribution < 1.29 is 14.3 Å². The molecule has 0 fully saturated rings. The lowest BCUT2D eigenvalue weighted by atomic mass is 10.3. The normalized spacial score (nSPS) is 10.2. The SMILES string of the molecule is O=C(NCc1cccnc1)C(=O)Nc1cccc(OCCn2cccn2)c1. The molecule has 0 aliphatic carbocycles. The molecule has 8 nitrogen and oxygen atoms in total. The van der Waals surface area contributed by atoms with Crippen LogP contribution in [0.5, 0.6) is 5.75 Å². The maximum atomic E-state index is 12.0. The number of ether oxygens (including phenoxy) is 1. The van der Waals surface area contributed by atoms with Crippen LogP contribution in [-0.4, -0.2) is 33.2 Å². The van der Waals surface area contributed by atoms with E-state index < -0.39 is 11.8 Å². The van der Waals surface area contributed by atoms with E-state index >= 15 is 0 Å². The monoisotopic (exact) mass is 365 g/mol. The molecule has 8 heteroatoms. The molecule has 0 saturated heterocycles. The first-order valence-electron chi connectivity index (χ1n) is 8.39. The fourth-order valence-electron chi connectivity index (χ4n) is 2.31. The predicted octanol–water partition coefficient (Wildman–Crippen LogP) is 1.61. The Morgan fingerprint density at radius 3 is 2.78 bits per heavy atom. The van der Waals surface area contributed by atoms with Crippen molar-refractivity contribution in [3.05, 3.63) is 72.8 Å². The van der Waals surface area contributed by atoms with Gasteiger partial charge < -0.3 is 15.4 Å². The van der Waals surface area contributed by atoms with Crippen molar-refractivity contribution in [1.29, 1.82) is 0 Å². The molecule has 2 heterocycles. The summed E-state index contributed by atoms with van der Waals surface area (Å²) in [4.78, 5) is 27.9. The molecule has 0 atom stereocenters. The Morgan fingerprint density at radius 2 is 2.00 bits per heavy atom. The van der Waals surface area contributed by atoms with Crippen molar-refractivity contribution in [3.63, 3.8) is 0 Å². The van der Waals surface area contributed by atoms with Crippen LogP contribution in [0.4, 0.5) is 5.69 Å². The summed E-state index contributed by atoms with van der Waals surface area (Å²) >= 11 is 0. The van der Waals surface area contributed by atoms with Crippen molar-refractivity contribution in [2.45, 2.75) is 13.1 Å². The van der Waals surface area contributed by atoms with Crippen molar-refractivity contribution in [3.8, 4) is 5.75 Å². The van der Waals surface area contributed by atoms with Gasteiger partial charge in [0.1, 0.15) is 12.4 Å². The minimum absolute atomic E-state index is 0.233. The molecule has 0 unspecified atom stereocenters. The maximum Gasteiger partial charge on any atom is 0.313 e. The van der Waals surface area contributed by atoms with Gasteiger partial charge in [-0.05, 0) is 29.8 Å². The summed E-state index contributed by atoms with van der Waals surface area (Å²) in [6, 6.07) is 12.3. The van der Waals surface area contributed by atoms with Crippen LogP contribution in [0.1, 0.15) is 5.56 Å². The summed E-state index contributed by atoms with van der Waals surface area (Å²) in [5, 5.41) is 9.20. The third-order valence-corrected chi connectivity index (χ3v) is 3.62. The van der Waals surface area contributed by atoms with Gasteiger partial charge in [0.05, 0.1) is 6.54 Å². The first kappa shape index (κ1) is 18.1. The fourth-order valence-corrected chi connectivity index (χ4v) is 2.31. The highest BCUT2D eigenvalue weighted by Crippen LogP contribution is 2.17. The minimum atomic E-state index is -0.743. The second-order valence-corrected chi connectivity index (χ2v) is 5.64. The highest BCUT2D eigenvalue weighted by atomic mass is 16.5.